The minimum absolute atomic E-state index is 0.566. The summed E-state index contributed by atoms with van der Waals surface area (Å²) in [5.74, 6) is 1.75. The summed E-state index contributed by atoms with van der Waals surface area (Å²) < 4.78 is 5.85. The van der Waals surface area contributed by atoms with E-state index in [9.17, 15) is 0 Å². The second-order valence-corrected chi connectivity index (χ2v) is 5.79. The average molecular weight is 222 g/mol. The largest absolute Gasteiger partial charge is 0.378 e. The predicted octanol–water partition coefficient (Wildman–Crippen LogP) is 4.33. The lowest BCUT2D eigenvalue weighted by Crippen LogP contribution is -2.25. The second-order valence-electron chi connectivity index (χ2n) is 5.79. The Morgan fingerprint density at radius 1 is 1.38 bits per heavy atom. The summed E-state index contributed by atoms with van der Waals surface area (Å²) in [6, 6.07) is 0. The van der Waals surface area contributed by atoms with Crippen molar-refractivity contribution in [3.8, 4) is 0 Å². The second kappa shape index (κ2) is 5.86. The smallest absolute Gasteiger partial charge is 0.0577 e. The van der Waals surface area contributed by atoms with Crippen LogP contribution in [0.15, 0.2) is 11.6 Å². The third kappa shape index (κ3) is 3.35. The summed E-state index contributed by atoms with van der Waals surface area (Å²) >= 11 is 0. The summed E-state index contributed by atoms with van der Waals surface area (Å²) in [7, 11) is 0. The Hall–Kier alpha value is -0.300. The van der Waals surface area contributed by atoms with Crippen LogP contribution in [0, 0.1) is 11.8 Å². The Kier molecular flexibility index (Phi) is 4.45. The molecule has 2 rings (SSSR count). The number of rotatable bonds is 3. The van der Waals surface area contributed by atoms with E-state index in [4.69, 9.17) is 4.74 Å². The van der Waals surface area contributed by atoms with E-state index in [1.807, 2.05) is 0 Å². The number of ether oxygens (including phenoxy) is 1. The molecule has 2 aliphatic rings. The molecule has 0 radical (unpaired) electrons. The highest BCUT2D eigenvalue weighted by atomic mass is 16.5. The van der Waals surface area contributed by atoms with Gasteiger partial charge in [0, 0.05) is 6.61 Å². The van der Waals surface area contributed by atoms with Crippen LogP contribution in [0.2, 0.25) is 0 Å². The molecule has 0 bridgehead atoms. The van der Waals surface area contributed by atoms with Crippen molar-refractivity contribution in [2.24, 2.45) is 11.8 Å². The summed E-state index contributed by atoms with van der Waals surface area (Å²) in [4.78, 5) is 0. The topological polar surface area (TPSA) is 9.23 Å². The van der Waals surface area contributed by atoms with Crippen LogP contribution in [0.3, 0.4) is 0 Å². The van der Waals surface area contributed by atoms with Gasteiger partial charge in [-0.05, 0) is 63.7 Å². The fraction of sp³-hybridized carbons (Fsp3) is 0.867. The van der Waals surface area contributed by atoms with Gasteiger partial charge in [0.25, 0.3) is 0 Å². The van der Waals surface area contributed by atoms with Crippen LogP contribution in [0.25, 0.3) is 0 Å². The van der Waals surface area contributed by atoms with Crippen LogP contribution in [-0.4, -0.2) is 12.7 Å². The van der Waals surface area contributed by atoms with Crippen LogP contribution < -0.4 is 0 Å². The van der Waals surface area contributed by atoms with Crippen LogP contribution in [0.4, 0.5) is 0 Å². The molecule has 0 amide bonds. The van der Waals surface area contributed by atoms with Gasteiger partial charge in [-0.25, -0.2) is 0 Å². The van der Waals surface area contributed by atoms with E-state index in [0.29, 0.717) is 6.10 Å². The third-order valence-electron chi connectivity index (χ3n) is 4.39. The van der Waals surface area contributed by atoms with Crippen LogP contribution in [0.5, 0.6) is 0 Å². The van der Waals surface area contributed by atoms with E-state index >= 15 is 0 Å². The first-order chi connectivity index (χ1) is 7.75. The Bertz CT molecular complexity index is 238. The van der Waals surface area contributed by atoms with Crippen molar-refractivity contribution in [1.82, 2.24) is 0 Å². The fourth-order valence-electron chi connectivity index (χ4n) is 3.10. The van der Waals surface area contributed by atoms with Crippen LogP contribution >= 0.6 is 0 Å². The van der Waals surface area contributed by atoms with E-state index in [-0.39, 0.29) is 0 Å². The van der Waals surface area contributed by atoms with Gasteiger partial charge < -0.3 is 4.74 Å². The molecule has 0 saturated carbocycles. The molecule has 1 fully saturated rings. The normalized spacial score (nSPS) is 33.2. The third-order valence-corrected chi connectivity index (χ3v) is 4.39. The standard InChI is InChI=1S/C15H26O/c1-12-6-8-14(9-7-12)13(2)11-15-5-3-4-10-16-15/h6,13-15H,3-5,7-11H2,1-2H3. The summed E-state index contributed by atoms with van der Waals surface area (Å²) in [6.07, 6.45) is 12.3. The lowest BCUT2D eigenvalue weighted by molar-refractivity contribution is -0.00271. The van der Waals surface area contributed by atoms with Gasteiger partial charge in [-0.15, -0.1) is 0 Å². The Labute approximate surface area is 100 Å². The Morgan fingerprint density at radius 3 is 2.88 bits per heavy atom. The minimum atomic E-state index is 0.566. The molecular weight excluding hydrogens is 196 g/mol. The lowest BCUT2D eigenvalue weighted by atomic mass is 9.79. The number of allylic oxidation sites excluding steroid dienone is 2. The van der Waals surface area contributed by atoms with Crippen molar-refractivity contribution in [2.45, 2.75) is 64.9 Å². The zero-order valence-corrected chi connectivity index (χ0v) is 10.9. The quantitative estimate of drug-likeness (QED) is 0.646. The van der Waals surface area contributed by atoms with Crippen molar-refractivity contribution < 1.29 is 4.74 Å². The summed E-state index contributed by atoms with van der Waals surface area (Å²) in [5, 5.41) is 0. The molecule has 1 aliphatic carbocycles. The molecule has 0 N–H and O–H groups in total. The highest BCUT2D eigenvalue weighted by molar-refractivity contribution is 5.03. The molecule has 1 aliphatic heterocycles. The predicted molar refractivity (Wildman–Crippen MR) is 68.5 cm³/mol. The van der Waals surface area contributed by atoms with Crippen molar-refractivity contribution >= 4 is 0 Å². The molecule has 0 spiro atoms. The van der Waals surface area contributed by atoms with E-state index in [1.54, 1.807) is 5.57 Å². The van der Waals surface area contributed by atoms with Crippen molar-refractivity contribution in [2.75, 3.05) is 6.61 Å². The first kappa shape index (κ1) is 12.2. The van der Waals surface area contributed by atoms with Gasteiger partial charge in [-0.3, -0.25) is 0 Å². The van der Waals surface area contributed by atoms with Crippen LogP contribution in [0.1, 0.15) is 58.8 Å². The first-order valence-corrected chi connectivity index (χ1v) is 7.03. The average Bonchev–Trinajstić information content (AvgIpc) is 2.31. The molecule has 3 unspecified atom stereocenters. The molecule has 0 aromatic rings. The number of hydrogen-bond acceptors (Lipinski definition) is 1. The molecule has 1 heteroatoms. The molecule has 1 nitrogen and oxygen atoms in total. The molecule has 1 saturated heterocycles. The zero-order valence-electron chi connectivity index (χ0n) is 10.9. The molecular formula is C15H26O. The van der Waals surface area contributed by atoms with E-state index in [2.05, 4.69) is 19.9 Å². The van der Waals surface area contributed by atoms with E-state index in [1.165, 1.54) is 44.9 Å². The molecule has 1 heterocycles. The highest BCUT2D eigenvalue weighted by Gasteiger charge is 2.23. The van der Waals surface area contributed by atoms with Crippen molar-refractivity contribution in [3.63, 3.8) is 0 Å². The van der Waals surface area contributed by atoms with Gasteiger partial charge in [-0.2, -0.15) is 0 Å². The van der Waals surface area contributed by atoms with Gasteiger partial charge in [0.1, 0.15) is 0 Å². The highest BCUT2D eigenvalue weighted by Crippen LogP contribution is 2.33. The molecule has 16 heavy (non-hydrogen) atoms. The molecule has 0 aromatic carbocycles. The monoisotopic (exact) mass is 222 g/mol. The molecule has 3 atom stereocenters. The SMILES string of the molecule is CC1=CCC(C(C)CC2CCCCO2)CC1. The fourth-order valence-corrected chi connectivity index (χ4v) is 3.10. The van der Waals surface area contributed by atoms with Gasteiger partial charge >= 0.3 is 0 Å². The van der Waals surface area contributed by atoms with Crippen molar-refractivity contribution in [1.29, 1.82) is 0 Å². The minimum Gasteiger partial charge on any atom is -0.378 e. The summed E-state index contributed by atoms with van der Waals surface area (Å²) in [5.41, 5.74) is 1.59. The Morgan fingerprint density at radius 2 is 2.25 bits per heavy atom. The van der Waals surface area contributed by atoms with Gasteiger partial charge in [0.05, 0.1) is 6.10 Å². The molecule has 0 aromatic heterocycles. The Balaban J connectivity index is 1.76. The van der Waals surface area contributed by atoms with Gasteiger partial charge in [-0.1, -0.05) is 18.6 Å². The number of hydrogen-bond donors (Lipinski definition) is 0. The van der Waals surface area contributed by atoms with E-state index < -0.39 is 0 Å². The first-order valence-electron chi connectivity index (χ1n) is 7.03. The maximum Gasteiger partial charge on any atom is 0.0577 e. The lowest BCUT2D eigenvalue weighted by Gasteiger charge is -2.31. The van der Waals surface area contributed by atoms with E-state index in [0.717, 1.165) is 18.4 Å². The van der Waals surface area contributed by atoms with Gasteiger partial charge in [0.15, 0.2) is 0 Å². The van der Waals surface area contributed by atoms with Crippen LogP contribution in [-0.2, 0) is 4.74 Å². The maximum absolute atomic E-state index is 5.85. The molecule has 92 valence electrons. The maximum atomic E-state index is 5.85. The van der Waals surface area contributed by atoms with Gasteiger partial charge in [0.2, 0.25) is 0 Å². The summed E-state index contributed by atoms with van der Waals surface area (Å²) in [6.45, 7) is 5.70. The zero-order chi connectivity index (χ0) is 11.4. The van der Waals surface area contributed by atoms with Crippen molar-refractivity contribution in [3.05, 3.63) is 11.6 Å².